The van der Waals surface area contributed by atoms with Gasteiger partial charge in [-0.2, -0.15) is 0 Å². The number of amides is 1. The molecule has 0 atom stereocenters. The number of nitrogens with two attached hydrogens (primary N) is 1. The molecule has 0 aliphatic carbocycles. The fourth-order valence-electron chi connectivity index (χ4n) is 1.77. The zero-order valence-corrected chi connectivity index (χ0v) is 10.6. The zero-order valence-electron chi connectivity index (χ0n) is 10.6. The molecule has 20 heavy (non-hydrogen) atoms. The highest BCUT2D eigenvalue weighted by Crippen LogP contribution is 2.09. The maximum atomic E-state index is 13.0. The van der Waals surface area contributed by atoms with Crippen LogP contribution in [0.4, 0.5) is 14.5 Å². The molecule has 0 aliphatic heterocycles. The number of benzene rings is 1. The van der Waals surface area contributed by atoms with Crippen molar-refractivity contribution in [2.75, 3.05) is 12.3 Å². The van der Waals surface area contributed by atoms with Crippen molar-refractivity contribution in [2.24, 2.45) is 0 Å². The van der Waals surface area contributed by atoms with Crippen LogP contribution in [0, 0.1) is 11.6 Å². The molecule has 104 valence electrons. The van der Waals surface area contributed by atoms with Crippen molar-refractivity contribution in [3.63, 3.8) is 0 Å². The largest absolute Gasteiger partial charge is 0.398 e. The average Bonchev–Trinajstić information content (AvgIpc) is 2.38. The maximum Gasteiger partial charge on any atom is 0.254 e. The molecule has 1 aromatic heterocycles. The molecule has 0 saturated carbocycles. The van der Waals surface area contributed by atoms with E-state index in [2.05, 4.69) is 10.3 Å². The summed E-state index contributed by atoms with van der Waals surface area (Å²) < 4.78 is 26.0. The molecule has 0 spiro atoms. The van der Waals surface area contributed by atoms with Crippen LogP contribution >= 0.6 is 0 Å². The molecule has 3 N–H and O–H groups in total. The highest BCUT2D eigenvalue weighted by Gasteiger charge is 2.09. The Bertz CT molecular complexity index is 611. The van der Waals surface area contributed by atoms with Gasteiger partial charge in [-0.15, -0.1) is 0 Å². The first-order valence-electron chi connectivity index (χ1n) is 5.99. The standard InChI is InChI=1S/C14H13F2N3O/c15-10-5-9(6-11(16)7-10)1-4-19-14(20)12-8-18-3-2-13(12)17/h2-3,5-8H,1,4H2,(H2,17,18)(H,19,20). The number of halogens is 2. The summed E-state index contributed by atoms with van der Waals surface area (Å²) in [7, 11) is 0. The first-order valence-corrected chi connectivity index (χ1v) is 5.99. The van der Waals surface area contributed by atoms with Gasteiger partial charge in [0.2, 0.25) is 0 Å². The number of hydrogen-bond donors (Lipinski definition) is 2. The Morgan fingerprint density at radius 2 is 1.95 bits per heavy atom. The van der Waals surface area contributed by atoms with E-state index in [1.807, 2.05) is 0 Å². The molecule has 6 heteroatoms. The predicted octanol–water partition coefficient (Wildman–Crippen LogP) is 1.91. The van der Waals surface area contributed by atoms with Crippen molar-refractivity contribution in [1.29, 1.82) is 0 Å². The highest BCUT2D eigenvalue weighted by atomic mass is 19.1. The van der Waals surface area contributed by atoms with E-state index in [0.29, 0.717) is 17.7 Å². The van der Waals surface area contributed by atoms with E-state index in [-0.39, 0.29) is 18.0 Å². The van der Waals surface area contributed by atoms with Crippen molar-refractivity contribution in [1.82, 2.24) is 10.3 Å². The number of nitrogens with zero attached hydrogens (tertiary/aromatic N) is 1. The van der Waals surface area contributed by atoms with E-state index in [0.717, 1.165) is 6.07 Å². The molecule has 0 fully saturated rings. The average molecular weight is 277 g/mol. The first kappa shape index (κ1) is 13.9. The summed E-state index contributed by atoms with van der Waals surface area (Å²) in [6, 6.07) is 4.79. The van der Waals surface area contributed by atoms with Crippen LogP contribution in [-0.2, 0) is 6.42 Å². The molecule has 1 aromatic carbocycles. The van der Waals surface area contributed by atoms with Gasteiger partial charge in [-0.05, 0) is 30.2 Å². The van der Waals surface area contributed by atoms with E-state index in [9.17, 15) is 13.6 Å². The normalized spacial score (nSPS) is 10.3. The van der Waals surface area contributed by atoms with E-state index in [4.69, 9.17) is 5.73 Å². The Kier molecular flexibility index (Phi) is 4.24. The molecule has 0 saturated heterocycles. The van der Waals surface area contributed by atoms with Crippen molar-refractivity contribution in [3.8, 4) is 0 Å². The summed E-state index contributed by atoms with van der Waals surface area (Å²) in [6.45, 7) is 0.246. The minimum atomic E-state index is -0.636. The number of rotatable bonds is 4. The monoisotopic (exact) mass is 277 g/mol. The summed E-state index contributed by atoms with van der Waals surface area (Å²) >= 11 is 0. The van der Waals surface area contributed by atoms with Gasteiger partial charge in [-0.1, -0.05) is 0 Å². The third-order valence-electron chi connectivity index (χ3n) is 2.72. The van der Waals surface area contributed by atoms with Gasteiger partial charge in [0, 0.05) is 30.7 Å². The number of carbonyl (C=O) groups excluding carboxylic acids is 1. The number of hydrogen-bond acceptors (Lipinski definition) is 3. The lowest BCUT2D eigenvalue weighted by Crippen LogP contribution is -2.26. The van der Waals surface area contributed by atoms with Crippen LogP contribution < -0.4 is 11.1 Å². The van der Waals surface area contributed by atoms with Gasteiger partial charge < -0.3 is 11.1 Å². The third kappa shape index (κ3) is 3.50. The summed E-state index contributed by atoms with van der Waals surface area (Å²) in [5, 5.41) is 2.62. The molecule has 2 rings (SSSR count). The van der Waals surface area contributed by atoms with E-state index < -0.39 is 11.6 Å². The molecule has 0 aliphatic rings. The van der Waals surface area contributed by atoms with Gasteiger partial charge in [0.15, 0.2) is 0 Å². The lowest BCUT2D eigenvalue weighted by Gasteiger charge is -2.07. The van der Waals surface area contributed by atoms with Crippen LogP contribution in [0.3, 0.4) is 0 Å². The quantitative estimate of drug-likeness (QED) is 0.897. The van der Waals surface area contributed by atoms with Crippen LogP contribution in [0.1, 0.15) is 15.9 Å². The lowest BCUT2D eigenvalue weighted by atomic mass is 10.1. The summed E-state index contributed by atoms with van der Waals surface area (Å²) in [4.78, 5) is 15.6. The Labute approximate surface area is 114 Å². The molecule has 1 heterocycles. The van der Waals surface area contributed by atoms with Crippen LogP contribution in [-0.4, -0.2) is 17.4 Å². The number of nitrogens with one attached hydrogen (secondary N) is 1. The van der Waals surface area contributed by atoms with Crippen LogP contribution in [0.2, 0.25) is 0 Å². The molecule has 1 amide bonds. The van der Waals surface area contributed by atoms with Crippen molar-refractivity contribution < 1.29 is 13.6 Å². The van der Waals surface area contributed by atoms with Gasteiger partial charge in [-0.3, -0.25) is 9.78 Å². The molecule has 0 unspecified atom stereocenters. The zero-order chi connectivity index (χ0) is 14.5. The minimum Gasteiger partial charge on any atom is -0.398 e. The van der Waals surface area contributed by atoms with Crippen LogP contribution in [0.25, 0.3) is 0 Å². The molecular formula is C14H13F2N3O. The second-order valence-corrected chi connectivity index (χ2v) is 4.25. The Morgan fingerprint density at radius 1 is 1.25 bits per heavy atom. The second kappa shape index (κ2) is 6.10. The summed E-state index contributed by atoms with van der Waals surface area (Å²) in [6.07, 6.45) is 3.18. The number of pyridine rings is 1. The van der Waals surface area contributed by atoms with E-state index in [1.54, 1.807) is 0 Å². The molecule has 0 bridgehead atoms. The van der Waals surface area contributed by atoms with Crippen LogP contribution in [0.5, 0.6) is 0 Å². The Hall–Kier alpha value is -2.50. The minimum absolute atomic E-state index is 0.246. The Morgan fingerprint density at radius 3 is 2.60 bits per heavy atom. The van der Waals surface area contributed by atoms with Gasteiger partial charge in [-0.25, -0.2) is 8.78 Å². The molecule has 0 radical (unpaired) electrons. The smallest absolute Gasteiger partial charge is 0.254 e. The maximum absolute atomic E-state index is 13.0. The molecule has 2 aromatic rings. The predicted molar refractivity (Wildman–Crippen MR) is 71.0 cm³/mol. The third-order valence-corrected chi connectivity index (χ3v) is 2.72. The number of aromatic nitrogens is 1. The molecular weight excluding hydrogens is 264 g/mol. The second-order valence-electron chi connectivity index (χ2n) is 4.25. The van der Waals surface area contributed by atoms with Gasteiger partial charge in [0.25, 0.3) is 5.91 Å². The topological polar surface area (TPSA) is 68.0 Å². The number of anilines is 1. The van der Waals surface area contributed by atoms with Crippen molar-refractivity contribution in [3.05, 3.63) is 59.4 Å². The highest BCUT2D eigenvalue weighted by molar-refractivity contribution is 5.98. The van der Waals surface area contributed by atoms with E-state index in [1.165, 1.54) is 30.6 Å². The fourth-order valence-corrected chi connectivity index (χ4v) is 1.77. The van der Waals surface area contributed by atoms with Gasteiger partial charge >= 0.3 is 0 Å². The SMILES string of the molecule is Nc1ccncc1C(=O)NCCc1cc(F)cc(F)c1. The summed E-state index contributed by atoms with van der Waals surface area (Å²) in [5.74, 6) is -1.64. The number of carbonyl (C=O) groups is 1. The van der Waals surface area contributed by atoms with Gasteiger partial charge in [0.1, 0.15) is 11.6 Å². The molecule has 4 nitrogen and oxygen atoms in total. The van der Waals surface area contributed by atoms with Crippen LogP contribution in [0.15, 0.2) is 36.7 Å². The summed E-state index contributed by atoms with van der Waals surface area (Å²) in [5.41, 5.74) is 6.72. The number of nitrogen functional groups attached to an aromatic ring is 1. The van der Waals surface area contributed by atoms with E-state index >= 15 is 0 Å². The van der Waals surface area contributed by atoms with Crippen molar-refractivity contribution in [2.45, 2.75) is 6.42 Å². The van der Waals surface area contributed by atoms with Crippen molar-refractivity contribution >= 4 is 11.6 Å². The fraction of sp³-hybridized carbons (Fsp3) is 0.143. The Balaban J connectivity index is 1.93. The van der Waals surface area contributed by atoms with Gasteiger partial charge in [0.05, 0.1) is 5.56 Å². The lowest BCUT2D eigenvalue weighted by molar-refractivity contribution is 0.0954. The first-order chi connectivity index (χ1) is 9.56.